The van der Waals surface area contributed by atoms with E-state index in [2.05, 4.69) is 17.1 Å². The predicted octanol–water partition coefficient (Wildman–Crippen LogP) is 1.29. The molecule has 3 N–H and O–H groups in total. The molecular formula is C21H27N3O6. The maximum Gasteiger partial charge on any atom is 0.337 e. The van der Waals surface area contributed by atoms with E-state index in [0.29, 0.717) is 17.3 Å². The van der Waals surface area contributed by atoms with Crippen molar-refractivity contribution in [1.29, 1.82) is 0 Å². The number of hydrogen-bond acceptors (Lipinski definition) is 7. The number of carboxylic acid groups (broad SMARTS) is 1. The molecular weight excluding hydrogens is 390 g/mol. The molecule has 0 atom stereocenters. The van der Waals surface area contributed by atoms with Crippen LogP contribution < -0.4 is 10.2 Å². The third kappa shape index (κ3) is 4.40. The second-order valence-electron chi connectivity index (χ2n) is 7.63. The number of hydrogen-bond donors (Lipinski definition) is 3. The van der Waals surface area contributed by atoms with E-state index in [0.717, 1.165) is 25.9 Å². The number of benzene rings is 1. The molecule has 0 aromatic heterocycles. The Kier molecular flexibility index (Phi) is 6.61. The quantitative estimate of drug-likeness (QED) is 0.568. The minimum atomic E-state index is -1.06. The summed E-state index contributed by atoms with van der Waals surface area (Å²) in [4.78, 5) is 40.1. The standard InChI is InChI=1S/C21H27N3O6/c1-13-5-7-23(8-6-13)17-4-3-14(11-15(17)20(27)28)22-18-16(21(29)30-2)12-24(9-10-25)19(18)26/h3-4,11,13,22,25H,5-10,12H2,1-2H3,(H,27,28). The van der Waals surface area contributed by atoms with Gasteiger partial charge in [0.05, 0.1) is 37.1 Å². The molecule has 3 rings (SSSR count). The van der Waals surface area contributed by atoms with Crippen molar-refractivity contribution < 1.29 is 29.3 Å². The number of methoxy groups -OCH3 is 1. The molecule has 0 spiro atoms. The van der Waals surface area contributed by atoms with Crippen molar-refractivity contribution in [1.82, 2.24) is 4.90 Å². The highest BCUT2D eigenvalue weighted by Crippen LogP contribution is 2.30. The molecule has 0 radical (unpaired) electrons. The van der Waals surface area contributed by atoms with E-state index in [4.69, 9.17) is 9.84 Å². The summed E-state index contributed by atoms with van der Waals surface area (Å²) in [7, 11) is 1.23. The number of nitrogens with one attached hydrogen (secondary N) is 1. The van der Waals surface area contributed by atoms with Crippen molar-refractivity contribution >= 4 is 29.2 Å². The number of carbonyl (C=O) groups excluding carboxylic acids is 2. The second kappa shape index (κ2) is 9.17. The van der Waals surface area contributed by atoms with Crippen molar-refractivity contribution in [2.24, 2.45) is 5.92 Å². The molecule has 2 aliphatic heterocycles. The maximum absolute atomic E-state index is 12.7. The van der Waals surface area contributed by atoms with Crippen LogP contribution in [0.1, 0.15) is 30.1 Å². The normalized spacial score (nSPS) is 17.5. The Bertz CT molecular complexity index is 873. The SMILES string of the molecule is COC(=O)C1=C(Nc2ccc(N3CCC(C)CC3)c(C(=O)O)c2)C(=O)N(CCO)C1. The first-order chi connectivity index (χ1) is 14.3. The minimum Gasteiger partial charge on any atom is -0.478 e. The van der Waals surface area contributed by atoms with Crippen LogP contribution in [0.25, 0.3) is 0 Å². The highest BCUT2D eigenvalue weighted by atomic mass is 16.5. The highest BCUT2D eigenvalue weighted by molar-refractivity contribution is 6.08. The number of piperidine rings is 1. The fourth-order valence-corrected chi connectivity index (χ4v) is 3.80. The van der Waals surface area contributed by atoms with E-state index in [-0.39, 0.29) is 36.5 Å². The smallest absolute Gasteiger partial charge is 0.337 e. The first-order valence-electron chi connectivity index (χ1n) is 9.96. The topological polar surface area (TPSA) is 119 Å². The molecule has 162 valence electrons. The van der Waals surface area contributed by atoms with Gasteiger partial charge in [-0.2, -0.15) is 0 Å². The fourth-order valence-electron chi connectivity index (χ4n) is 3.80. The molecule has 2 heterocycles. The van der Waals surface area contributed by atoms with E-state index >= 15 is 0 Å². The van der Waals surface area contributed by atoms with E-state index in [9.17, 15) is 19.5 Å². The van der Waals surface area contributed by atoms with E-state index in [1.54, 1.807) is 12.1 Å². The monoisotopic (exact) mass is 417 g/mol. The lowest BCUT2D eigenvalue weighted by atomic mass is 9.98. The van der Waals surface area contributed by atoms with Crippen molar-refractivity contribution in [2.45, 2.75) is 19.8 Å². The van der Waals surface area contributed by atoms with Gasteiger partial charge in [-0.05, 0) is 37.0 Å². The van der Waals surface area contributed by atoms with E-state index < -0.39 is 17.8 Å². The van der Waals surface area contributed by atoms with Gasteiger partial charge >= 0.3 is 11.9 Å². The molecule has 0 aliphatic carbocycles. The summed E-state index contributed by atoms with van der Waals surface area (Å²) in [5.74, 6) is -1.54. The van der Waals surface area contributed by atoms with Gasteiger partial charge in [0.15, 0.2) is 0 Å². The van der Waals surface area contributed by atoms with Crippen LogP contribution in [0.3, 0.4) is 0 Å². The number of anilines is 2. The molecule has 9 heteroatoms. The molecule has 30 heavy (non-hydrogen) atoms. The highest BCUT2D eigenvalue weighted by Gasteiger charge is 2.34. The van der Waals surface area contributed by atoms with Crippen molar-refractivity contribution in [3.63, 3.8) is 0 Å². The van der Waals surface area contributed by atoms with Crippen LogP contribution in [0.4, 0.5) is 11.4 Å². The van der Waals surface area contributed by atoms with Gasteiger partial charge in [0, 0.05) is 25.3 Å². The number of esters is 1. The lowest BCUT2D eigenvalue weighted by molar-refractivity contribution is -0.136. The zero-order valence-corrected chi connectivity index (χ0v) is 17.2. The summed E-state index contributed by atoms with van der Waals surface area (Å²) in [5.41, 5.74) is 1.33. The first-order valence-corrected chi connectivity index (χ1v) is 9.96. The number of aliphatic hydroxyl groups excluding tert-OH is 1. The number of carboxylic acids is 1. The molecule has 1 aromatic carbocycles. The Morgan fingerprint density at radius 2 is 1.97 bits per heavy atom. The summed E-state index contributed by atoms with van der Waals surface area (Å²) < 4.78 is 4.77. The zero-order chi connectivity index (χ0) is 21.8. The number of amides is 1. The Labute approximate surface area is 174 Å². The number of aliphatic hydroxyl groups is 1. The molecule has 1 amide bonds. The van der Waals surface area contributed by atoms with Crippen LogP contribution in [-0.4, -0.2) is 72.9 Å². The van der Waals surface area contributed by atoms with Crippen LogP contribution in [0, 0.1) is 5.92 Å². The van der Waals surface area contributed by atoms with Gasteiger partial charge in [-0.3, -0.25) is 4.79 Å². The van der Waals surface area contributed by atoms with E-state index in [1.807, 2.05) is 0 Å². The number of nitrogens with zero attached hydrogens (tertiary/aromatic N) is 2. The Hall–Kier alpha value is -3.07. The van der Waals surface area contributed by atoms with Gasteiger partial charge in [0.25, 0.3) is 5.91 Å². The van der Waals surface area contributed by atoms with Crippen LogP contribution in [-0.2, 0) is 14.3 Å². The predicted molar refractivity (Wildman–Crippen MR) is 110 cm³/mol. The Morgan fingerprint density at radius 1 is 1.27 bits per heavy atom. The fraction of sp³-hybridized carbons (Fsp3) is 0.476. The molecule has 2 aliphatic rings. The number of aromatic carboxylic acids is 1. The third-order valence-electron chi connectivity index (χ3n) is 5.57. The van der Waals surface area contributed by atoms with Crippen LogP contribution in [0.5, 0.6) is 0 Å². The minimum absolute atomic E-state index is 0.0181. The second-order valence-corrected chi connectivity index (χ2v) is 7.63. The van der Waals surface area contributed by atoms with Gasteiger partial charge in [-0.1, -0.05) is 6.92 Å². The maximum atomic E-state index is 12.7. The van der Waals surface area contributed by atoms with Crippen molar-refractivity contribution in [3.05, 3.63) is 35.0 Å². The molecule has 1 fully saturated rings. The molecule has 1 aromatic rings. The summed E-state index contributed by atoms with van der Waals surface area (Å²) in [6, 6.07) is 4.90. The van der Waals surface area contributed by atoms with Gasteiger partial charge in [-0.25, -0.2) is 9.59 Å². The number of β-amino-alcohol motifs (C(OH)–C–C–N with tert-alkyl or cyclic N) is 1. The van der Waals surface area contributed by atoms with Gasteiger partial charge < -0.3 is 30.1 Å². The summed E-state index contributed by atoms with van der Waals surface area (Å²) in [6.45, 7) is 3.63. The Balaban J connectivity index is 1.90. The summed E-state index contributed by atoms with van der Waals surface area (Å²) in [6.07, 6.45) is 2.01. The average Bonchev–Trinajstić information content (AvgIpc) is 3.04. The number of carbonyl (C=O) groups is 3. The largest absolute Gasteiger partial charge is 0.478 e. The van der Waals surface area contributed by atoms with Gasteiger partial charge in [-0.15, -0.1) is 0 Å². The number of ether oxygens (including phenoxy) is 1. The number of rotatable bonds is 7. The molecule has 0 saturated carbocycles. The first kappa shape index (κ1) is 21.6. The van der Waals surface area contributed by atoms with Crippen LogP contribution in [0.2, 0.25) is 0 Å². The summed E-state index contributed by atoms with van der Waals surface area (Å²) >= 11 is 0. The molecule has 0 unspecified atom stereocenters. The lowest BCUT2D eigenvalue weighted by Crippen LogP contribution is -2.34. The van der Waals surface area contributed by atoms with E-state index in [1.165, 1.54) is 18.1 Å². The molecule has 1 saturated heterocycles. The van der Waals surface area contributed by atoms with Crippen LogP contribution >= 0.6 is 0 Å². The van der Waals surface area contributed by atoms with Gasteiger partial charge in [0.1, 0.15) is 5.70 Å². The van der Waals surface area contributed by atoms with Crippen molar-refractivity contribution in [3.8, 4) is 0 Å². The lowest BCUT2D eigenvalue weighted by Gasteiger charge is -2.33. The Morgan fingerprint density at radius 3 is 2.57 bits per heavy atom. The molecule has 0 bridgehead atoms. The third-order valence-corrected chi connectivity index (χ3v) is 5.57. The van der Waals surface area contributed by atoms with Gasteiger partial charge in [0.2, 0.25) is 0 Å². The van der Waals surface area contributed by atoms with Crippen LogP contribution in [0.15, 0.2) is 29.5 Å². The summed E-state index contributed by atoms with van der Waals surface area (Å²) in [5, 5.41) is 21.8. The molecule has 9 nitrogen and oxygen atoms in total. The average molecular weight is 417 g/mol. The van der Waals surface area contributed by atoms with Crippen molar-refractivity contribution in [2.75, 3.05) is 50.1 Å². The zero-order valence-electron chi connectivity index (χ0n) is 17.2.